The third-order valence-electron chi connectivity index (χ3n) is 3.81. The molecule has 2 aromatic carbocycles. The smallest absolute Gasteiger partial charge is 0.138 e. The van der Waals surface area contributed by atoms with Gasteiger partial charge >= 0.3 is 0 Å². The van der Waals surface area contributed by atoms with E-state index in [1.807, 2.05) is 12.1 Å². The Morgan fingerprint density at radius 3 is 2.14 bits per heavy atom. The second-order valence-corrected chi connectivity index (χ2v) is 5.95. The average Bonchev–Trinajstić information content (AvgIpc) is 3.19. The predicted molar refractivity (Wildman–Crippen MR) is 86.8 cm³/mol. The fourth-order valence-electron chi connectivity index (χ4n) is 2.75. The van der Waals surface area contributed by atoms with Crippen LogP contribution in [0.3, 0.4) is 0 Å². The Balaban J connectivity index is 1.96. The first-order valence-corrected chi connectivity index (χ1v) is 7.48. The number of ether oxygens (including phenoxy) is 1. The zero-order chi connectivity index (χ0) is 14.9. The van der Waals surface area contributed by atoms with Crippen LogP contribution in [0.5, 0.6) is 0 Å². The van der Waals surface area contributed by atoms with E-state index in [-0.39, 0.29) is 17.7 Å². The first-order chi connectivity index (χ1) is 10.1. The van der Waals surface area contributed by atoms with Gasteiger partial charge in [-0.1, -0.05) is 60.7 Å². The van der Waals surface area contributed by atoms with Crippen molar-refractivity contribution < 1.29 is 4.74 Å². The van der Waals surface area contributed by atoms with Crippen molar-refractivity contribution in [2.75, 3.05) is 0 Å². The molecule has 0 unspecified atom stereocenters. The van der Waals surface area contributed by atoms with E-state index in [0.717, 1.165) is 11.3 Å². The van der Waals surface area contributed by atoms with Gasteiger partial charge in [0, 0.05) is 6.04 Å². The van der Waals surface area contributed by atoms with E-state index < -0.39 is 0 Å². The van der Waals surface area contributed by atoms with Crippen molar-refractivity contribution in [1.29, 1.82) is 0 Å². The van der Waals surface area contributed by atoms with E-state index in [2.05, 4.69) is 69.3 Å². The highest BCUT2D eigenvalue weighted by molar-refractivity contribution is 6.08. The molecule has 1 heterocycles. The quantitative estimate of drug-likeness (QED) is 0.601. The fraction of sp³-hybridized carbons (Fsp3) is 0.316. The number of aliphatic imine (C=N–C) groups is 1. The molecular weight excluding hydrogens is 258 g/mol. The molecule has 2 nitrogen and oxygen atoms in total. The number of hydrogen-bond acceptors (Lipinski definition) is 2. The summed E-state index contributed by atoms with van der Waals surface area (Å²) in [5, 5.41) is 0. The Morgan fingerprint density at radius 2 is 1.57 bits per heavy atom. The molecule has 0 saturated carbocycles. The molecule has 2 aromatic rings. The van der Waals surface area contributed by atoms with E-state index in [4.69, 9.17) is 9.73 Å². The summed E-state index contributed by atoms with van der Waals surface area (Å²) >= 11 is 0. The molecule has 0 aliphatic carbocycles. The van der Waals surface area contributed by atoms with Crippen molar-refractivity contribution >= 4 is 5.71 Å². The maximum absolute atomic E-state index is 6.08. The minimum Gasteiger partial charge on any atom is -0.354 e. The van der Waals surface area contributed by atoms with E-state index >= 15 is 0 Å². The number of rotatable bonds is 4. The van der Waals surface area contributed by atoms with Gasteiger partial charge in [-0.3, -0.25) is 4.99 Å². The van der Waals surface area contributed by atoms with Gasteiger partial charge in [0.05, 0.1) is 5.71 Å². The first kappa shape index (κ1) is 14.0. The zero-order valence-electron chi connectivity index (χ0n) is 12.8. The lowest BCUT2D eigenvalue weighted by Gasteiger charge is -2.14. The molecule has 2 atom stereocenters. The Labute approximate surface area is 126 Å². The van der Waals surface area contributed by atoms with Crippen LogP contribution in [-0.2, 0) is 4.74 Å². The van der Waals surface area contributed by atoms with Crippen molar-refractivity contribution in [3.05, 3.63) is 71.8 Å². The summed E-state index contributed by atoms with van der Waals surface area (Å²) in [6.07, 6.45) is 0.0939. The standard InChI is InChI=1S/C19H21NO/c1-14(2)20-17(15-10-6-4-7-11-15)19(3)18(21-19)16-12-8-5-9-13-16/h4-14,18H,1-3H3/t18-,19+/m0/s1. The summed E-state index contributed by atoms with van der Waals surface area (Å²) in [5.74, 6) is 0. The third-order valence-corrected chi connectivity index (χ3v) is 3.81. The van der Waals surface area contributed by atoms with Crippen LogP contribution in [0.2, 0.25) is 0 Å². The molecule has 21 heavy (non-hydrogen) atoms. The van der Waals surface area contributed by atoms with Crippen molar-refractivity contribution in [1.82, 2.24) is 0 Å². The highest BCUT2D eigenvalue weighted by Gasteiger charge is 2.57. The second kappa shape index (κ2) is 5.45. The molecule has 1 saturated heterocycles. The van der Waals surface area contributed by atoms with Crippen molar-refractivity contribution in [2.24, 2.45) is 4.99 Å². The molecule has 0 amide bonds. The lowest BCUT2D eigenvalue weighted by atomic mass is 9.91. The van der Waals surface area contributed by atoms with Gasteiger partial charge in [0.25, 0.3) is 0 Å². The third kappa shape index (κ3) is 2.77. The Kier molecular flexibility index (Phi) is 3.64. The summed E-state index contributed by atoms with van der Waals surface area (Å²) in [6.45, 7) is 6.34. The zero-order valence-corrected chi connectivity index (χ0v) is 12.8. The summed E-state index contributed by atoms with van der Waals surface area (Å²) in [4.78, 5) is 4.85. The van der Waals surface area contributed by atoms with E-state index in [1.54, 1.807) is 0 Å². The molecule has 1 fully saturated rings. The molecule has 108 valence electrons. The van der Waals surface area contributed by atoms with Crippen LogP contribution in [-0.4, -0.2) is 17.4 Å². The normalized spacial score (nSPS) is 25.1. The monoisotopic (exact) mass is 279 g/mol. The summed E-state index contributed by atoms with van der Waals surface area (Å²) in [5.41, 5.74) is 3.08. The van der Waals surface area contributed by atoms with Gasteiger partial charge in [0.15, 0.2) is 0 Å². The molecule has 2 heteroatoms. The van der Waals surface area contributed by atoms with Crippen LogP contribution in [0.15, 0.2) is 65.7 Å². The maximum atomic E-state index is 6.08. The second-order valence-electron chi connectivity index (χ2n) is 5.95. The predicted octanol–water partition coefficient (Wildman–Crippen LogP) is 4.41. The topological polar surface area (TPSA) is 24.9 Å². The average molecular weight is 279 g/mol. The maximum Gasteiger partial charge on any atom is 0.138 e. The fourth-order valence-corrected chi connectivity index (χ4v) is 2.75. The Morgan fingerprint density at radius 1 is 1.00 bits per heavy atom. The van der Waals surface area contributed by atoms with E-state index in [9.17, 15) is 0 Å². The molecule has 0 bridgehead atoms. The van der Waals surface area contributed by atoms with Crippen molar-refractivity contribution in [3.8, 4) is 0 Å². The molecule has 3 rings (SSSR count). The Bertz CT molecular complexity index is 633. The van der Waals surface area contributed by atoms with Crippen LogP contribution < -0.4 is 0 Å². The lowest BCUT2D eigenvalue weighted by Crippen LogP contribution is -2.24. The highest BCUT2D eigenvalue weighted by Crippen LogP contribution is 2.51. The van der Waals surface area contributed by atoms with Crippen LogP contribution in [0.25, 0.3) is 0 Å². The largest absolute Gasteiger partial charge is 0.354 e. The summed E-state index contributed by atoms with van der Waals surface area (Å²) in [7, 11) is 0. The number of nitrogens with zero attached hydrogens (tertiary/aromatic N) is 1. The van der Waals surface area contributed by atoms with Gasteiger partial charge in [0.2, 0.25) is 0 Å². The molecule has 0 spiro atoms. The Hall–Kier alpha value is -1.93. The van der Waals surface area contributed by atoms with Crippen LogP contribution in [0, 0.1) is 0 Å². The number of benzene rings is 2. The molecule has 1 aliphatic heterocycles. The van der Waals surface area contributed by atoms with Crippen LogP contribution in [0.4, 0.5) is 0 Å². The molecule has 0 N–H and O–H groups in total. The van der Waals surface area contributed by atoms with Gasteiger partial charge < -0.3 is 4.74 Å². The SMILES string of the molecule is CC(C)N=C(c1ccccc1)[C@@]1(C)O[C@H]1c1ccccc1. The molecular formula is C19H21NO. The van der Waals surface area contributed by atoms with E-state index in [1.165, 1.54) is 5.56 Å². The van der Waals surface area contributed by atoms with Gasteiger partial charge in [-0.05, 0) is 31.9 Å². The molecule has 1 aliphatic rings. The van der Waals surface area contributed by atoms with Gasteiger partial charge in [0.1, 0.15) is 11.7 Å². The molecule has 0 radical (unpaired) electrons. The molecule has 0 aromatic heterocycles. The van der Waals surface area contributed by atoms with E-state index in [0.29, 0.717) is 0 Å². The minimum atomic E-state index is -0.326. The summed E-state index contributed by atoms with van der Waals surface area (Å²) < 4.78 is 6.08. The van der Waals surface area contributed by atoms with Crippen LogP contribution >= 0.6 is 0 Å². The number of epoxide rings is 1. The van der Waals surface area contributed by atoms with Gasteiger partial charge in [-0.25, -0.2) is 0 Å². The number of hydrogen-bond donors (Lipinski definition) is 0. The van der Waals surface area contributed by atoms with Gasteiger partial charge in [-0.15, -0.1) is 0 Å². The van der Waals surface area contributed by atoms with Crippen molar-refractivity contribution in [2.45, 2.75) is 38.5 Å². The van der Waals surface area contributed by atoms with Crippen molar-refractivity contribution in [3.63, 3.8) is 0 Å². The lowest BCUT2D eigenvalue weighted by molar-refractivity contribution is 0.356. The highest BCUT2D eigenvalue weighted by atomic mass is 16.6. The summed E-state index contributed by atoms with van der Waals surface area (Å²) in [6, 6.07) is 21.0. The van der Waals surface area contributed by atoms with Gasteiger partial charge in [-0.2, -0.15) is 0 Å². The first-order valence-electron chi connectivity index (χ1n) is 7.48. The van der Waals surface area contributed by atoms with Crippen LogP contribution in [0.1, 0.15) is 38.0 Å². The minimum absolute atomic E-state index is 0.0939.